The van der Waals surface area contributed by atoms with Crippen LogP contribution in [-0.4, -0.2) is 39.4 Å². The Morgan fingerprint density at radius 3 is 2.86 bits per heavy atom. The highest BCUT2D eigenvalue weighted by Gasteiger charge is 2.33. The van der Waals surface area contributed by atoms with Gasteiger partial charge in [-0.25, -0.2) is 0 Å². The largest absolute Gasteiger partial charge is 0.311 e. The lowest BCUT2D eigenvalue weighted by Crippen LogP contribution is -2.61. The third-order valence-electron chi connectivity index (χ3n) is 4.82. The van der Waals surface area contributed by atoms with E-state index >= 15 is 0 Å². The summed E-state index contributed by atoms with van der Waals surface area (Å²) < 4.78 is 2.11. The molecule has 1 aromatic heterocycles. The first kappa shape index (κ1) is 16.5. The van der Waals surface area contributed by atoms with Crippen molar-refractivity contribution < 1.29 is 0 Å². The third-order valence-corrected chi connectivity index (χ3v) is 4.82. The number of hydrogen-bond acceptors (Lipinski definition) is 3. The summed E-state index contributed by atoms with van der Waals surface area (Å²) in [5.74, 6) is 0. The van der Waals surface area contributed by atoms with Crippen LogP contribution in [0.3, 0.4) is 0 Å². The van der Waals surface area contributed by atoms with Gasteiger partial charge in [0.05, 0.1) is 5.69 Å². The van der Waals surface area contributed by atoms with Crippen molar-refractivity contribution >= 4 is 0 Å². The van der Waals surface area contributed by atoms with Crippen molar-refractivity contribution in [2.24, 2.45) is 0 Å². The Morgan fingerprint density at radius 2 is 2.19 bits per heavy atom. The molecule has 1 saturated heterocycles. The third kappa shape index (κ3) is 4.07. The molecular weight excluding hydrogens is 260 g/mol. The molecule has 0 bridgehead atoms. The second kappa shape index (κ2) is 6.93. The zero-order valence-corrected chi connectivity index (χ0v) is 14.4. The molecule has 4 nitrogen and oxygen atoms in total. The summed E-state index contributed by atoms with van der Waals surface area (Å²) in [6, 6.07) is 3.29. The molecular formula is C17H32N4. The van der Waals surface area contributed by atoms with Gasteiger partial charge in [0.1, 0.15) is 0 Å². The van der Waals surface area contributed by atoms with E-state index in [1.165, 1.54) is 18.5 Å². The Labute approximate surface area is 129 Å². The minimum atomic E-state index is 0.199. The Bertz CT molecular complexity index is 438. The predicted molar refractivity (Wildman–Crippen MR) is 88.4 cm³/mol. The number of piperazine rings is 1. The van der Waals surface area contributed by atoms with Crippen LogP contribution in [0.1, 0.15) is 65.6 Å². The Hall–Kier alpha value is -0.870. The quantitative estimate of drug-likeness (QED) is 0.874. The zero-order chi connectivity index (χ0) is 15.5. The molecule has 21 heavy (non-hydrogen) atoms. The zero-order valence-electron chi connectivity index (χ0n) is 14.4. The van der Waals surface area contributed by atoms with Crippen LogP contribution < -0.4 is 5.32 Å². The molecule has 2 unspecified atom stereocenters. The highest BCUT2D eigenvalue weighted by atomic mass is 15.3. The summed E-state index contributed by atoms with van der Waals surface area (Å²) in [5.41, 5.74) is 1.39. The van der Waals surface area contributed by atoms with Crippen molar-refractivity contribution in [3.63, 3.8) is 0 Å². The van der Waals surface area contributed by atoms with Crippen LogP contribution in [0, 0.1) is 0 Å². The first-order valence-corrected chi connectivity index (χ1v) is 8.48. The van der Waals surface area contributed by atoms with E-state index in [9.17, 15) is 0 Å². The van der Waals surface area contributed by atoms with Gasteiger partial charge in [-0.05, 0) is 39.7 Å². The van der Waals surface area contributed by atoms with Crippen LogP contribution in [0.5, 0.6) is 0 Å². The maximum absolute atomic E-state index is 4.77. The van der Waals surface area contributed by atoms with Gasteiger partial charge in [0.15, 0.2) is 0 Å². The molecule has 1 fully saturated rings. The summed E-state index contributed by atoms with van der Waals surface area (Å²) in [6.07, 6.45) is 5.75. The average molecular weight is 292 g/mol. The molecule has 2 atom stereocenters. The Balaban J connectivity index is 2.03. The van der Waals surface area contributed by atoms with Crippen molar-refractivity contribution in [3.05, 3.63) is 18.0 Å². The molecule has 2 heterocycles. The van der Waals surface area contributed by atoms with Gasteiger partial charge < -0.3 is 5.32 Å². The van der Waals surface area contributed by atoms with Crippen LogP contribution in [0.4, 0.5) is 0 Å². The lowest BCUT2D eigenvalue weighted by atomic mass is 9.95. The van der Waals surface area contributed by atoms with Crippen molar-refractivity contribution in [1.29, 1.82) is 0 Å². The molecule has 0 aliphatic carbocycles. The fourth-order valence-corrected chi connectivity index (χ4v) is 2.99. The van der Waals surface area contributed by atoms with Gasteiger partial charge in [-0.3, -0.25) is 9.58 Å². The highest BCUT2D eigenvalue weighted by molar-refractivity contribution is 5.03. The van der Waals surface area contributed by atoms with Gasteiger partial charge in [-0.2, -0.15) is 5.10 Å². The maximum Gasteiger partial charge on any atom is 0.0765 e. The molecule has 0 radical (unpaired) electrons. The second-order valence-electron chi connectivity index (χ2n) is 7.10. The van der Waals surface area contributed by atoms with Crippen molar-refractivity contribution in [3.8, 4) is 0 Å². The molecule has 0 aromatic carbocycles. The van der Waals surface area contributed by atoms with Crippen molar-refractivity contribution in [1.82, 2.24) is 20.0 Å². The number of hydrogen-bond donors (Lipinski definition) is 1. The van der Waals surface area contributed by atoms with Gasteiger partial charge in [-0.1, -0.05) is 20.3 Å². The molecule has 0 saturated carbocycles. The summed E-state index contributed by atoms with van der Waals surface area (Å²) in [6.45, 7) is 14.5. The standard InChI is InChI=1S/C17H32N4/c1-6-8-15-11-20(17(4,5)13-18-15)12-16-9-10-21(19-16)14(3)7-2/h9-10,14-15,18H,6-8,11-13H2,1-5H3. The van der Waals surface area contributed by atoms with E-state index in [1.807, 2.05) is 0 Å². The monoisotopic (exact) mass is 292 g/mol. The van der Waals surface area contributed by atoms with Crippen molar-refractivity contribution in [2.75, 3.05) is 13.1 Å². The van der Waals surface area contributed by atoms with Crippen LogP contribution >= 0.6 is 0 Å². The van der Waals surface area contributed by atoms with Crippen LogP contribution in [-0.2, 0) is 6.54 Å². The first-order valence-electron chi connectivity index (χ1n) is 8.48. The molecule has 1 aliphatic heterocycles. The van der Waals surface area contributed by atoms with Gasteiger partial charge >= 0.3 is 0 Å². The fraction of sp³-hybridized carbons (Fsp3) is 0.824. The van der Waals surface area contributed by atoms with Gasteiger partial charge in [-0.15, -0.1) is 0 Å². The van der Waals surface area contributed by atoms with Gasteiger partial charge in [0.25, 0.3) is 0 Å². The average Bonchev–Trinajstić information content (AvgIpc) is 2.91. The van der Waals surface area contributed by atoms with Gasteiger partial charge in [0, 0.05) is 43.5 Å². The number of nitrogens with one attached hydrogen (secondary N) is 1. The van der Waals surface area contributed by atoms with Crippen LogP contribution in [0.25, 0.3) is 0 Å². The number of nitrogens with zero attached hydrogens (tertiary/aromatic N) is 3. The van der Waals surface area contributed by atoms with E-state index in [1.54, 1.807) is 0 Å². The molecule has 0 spiro atoms. The Kier molecular flexibility index (Phi) is 5.44. The minimum Gasteiger partial charge on any atom is -0.311 e. The van der Waals surface area contributed by atoms with Gasteiger partial charge in [0.2, 0.25) is 0 Å². The lowest BCUT2D eigenvalue weighted by molar-refractivity contribution is 0.0550. The summed E-state index contributed by atoms with van der Waals surface area (Å²) in [5, 5.41) is 8.46. The smallest absolute Gasteiger partial charge is 0.0765 e. The Morgan fingerprint density at radius 1 is 1.43 bits per heavy atom. The van der Waals surface area contributed by atoms with Crippen LogP contribution in [0.2, 0.25) is 0 Å². The van der Waals surface area contributed by atoms with E-state index in [4.69, 9.17) is 5.10 Å². The SMILES string of the molecule is CCCC1CN(Cc2ccn(C(C)CC)n2)C(C)(C)CN1. The fourth-order valence-electron chi connectivity index (χ4n) is 2.99. The molecule has 1 N–H and O–H groups in total. The van der Waals surface area contributed by atoms with Crippen LogP contribution in [0.15, 0.2) is 12.3 Å². The summed E-state index contributed by atoms with van der Waals surface area (Å²) in [4.78, 5) is 2.59. The van der Waals surface area contributed by atoms with E-state index in [0.29, 0.717) is 12.1 Å². The minimum absolute atomic E-state index is 0.199. The van der Waals surface area contributed by atoms with Crippen molar-refractivity contribution in [2.45, 2.75) is 78.0 Å². The normalized spacial score (nSPS) is 24.1. The second-order valence-corrected chi connectivity index (χ2v) is 7.10. The molecule has 0 amide bonds. The molecule has 1 aliphatic rings. The predicted octanol–water partition coefficient (Wildman–Crippen LogP) is 3.21. The van der Waals surface area contributed by atoms with E-state index < -0.39 is 0 Å². The molecule has 4 heteroatoms. The van der Waals surface area contributed by atoms with E-state index in [-0.39, 0.29) is 5.54 Å². The first-order chi connectivity index (χ1) is 9.96. The summed E-state index contributed by atoms with van der Waals surface area (Å²) in [7, 11) is 0. The number of aromatic nitrogens is 2. The number of rotatable bonds is 6. The van der Waals surface area contributed by atoms with E-state index in [2.05, 4.69) is 61.8 Å². The lowest BCUT2D eigenvalue weighted by Gasteiger charge is -2.46. The maximum atomic E-state index is 4.77. The molecule has 1 aromatic rings. The molecule has 2 rings (SSSR count). The molecule has 120 valence electrons. The topological polar surface area (TPSA) is 33.1 Å². The highest BCUT2D eigenvalue weighted by Crippen LogP contribution is 2.22. The van der Waals surface area contributed by atoms with E-state index in [0.717, 1.165) is 26.1 Å². The summed E-state index contributed by atoms with van der Waals surface area (Å²) >= 11 is 0.